The molecule has 0 atom stereocenters. The van der Waals surface area contributed by atoms with E-state index in [-0.39, 0.29) is 9.49 Å². The Bertz CT molecular complexity index is 202. The molecule has 2 N–H and O–H groups in total. The van der Waals surface area contributed by atoms with Crippen LogP contribution in [-0.2, 0) is 10.4 Å². The number of thiol groups is 2. The maximum atomic E-state index is 8.74. The minimum absolute atomic E-state index is 0.194. The molecule has 0 radical (unpaired) electrons. The second kappa shape index (κ2) is 7.78. The average molecular weight is 278 g/mol. The van der Waals surface area contributed by atoms with Crippen molar-refractivity contribution in [1.82, 2.24) is 0 Å². The van der Waals surface area contributed by atoms with Gasteiger partial charge in [0.15, 0.2) is 0 Å². The number of rotatable bonds is 0. The maximum Gasteiger partial charge on any atom is 0.394 e. The van der Waals surface area contributed by atoms with Gasteiger partial charge < -0.3 is 0 Å². The third-order valence-electron chi connectivity index (χ3n) is 0. The van der Waals surface area contributed by atoms with Crippen LogP contribution in [-0.4, -0.2) is 27.0 Å². The molecule has 96 valence electrons. The van der Waals surface area contributed by atoms with Crippen LogP contribution in [0, 0.1) is 0 Å². The molecule has 0 aliphatic rings. The van der Waals surface area contributed by atoms with Crippen molar-refractivity contribution in [3.05, 3.63) is 0 Å². The van der Waals surface area contributed by atoms with E-state index in [2.05, 4.69) is 66.8 Å². The molecule has 7 heteroatoms. The van der Waals surface area contributed by atoms with Gasteiger partial charge in [0, 0.05) is 9.49 Å². The summed E-state index contributed by atoms with van der Waals surface area (Å²) in [5.74, 6) is 0. The molecule has 0 rings (SSSR count). The maximum absolute atomic E-state index is 8.74. The topological polar surface area (TPSA) is 74.6 Å². The van der Waals surface area contributed by atoms with Gasteiger partial charge in [-0.1, -0.05) is 41.5 Å². The summed E-state index contributed by atoms with van der Waals surface area (Å²) in [4.78, 5) is 0. The summed E-state index contributed by atoms with van der Waals surface area (Å²) in [6.45, 7) is 12.3. The monoisotopic (exact) mass is 278 g/mol. The van der Waals surface area contributed by atoms with Crippen LogP contribution in [0.1, 0.15) is 41.5 Å². The molecule has 0 bridgehead atoms. The van der Waals surface area contributed by atoms with Crippen molar-refractivity contribution < 1.29 is 17.5 Å². The summed E-state index contributed by atoms with van der Waals surface area (Å²) in [5.41, 5.74) is 0. The molecule has 0 aliphatic heterocycles. The van der Waals surface area contributed by atoms with Crippen LogP contribution in [0.2, 0.25) is 0 Å². The minimum Gasteiger partial charge on any atom is -0.264 e. The van der Waals surface area contributed by atoms with Gasteiger partial charge in [0.2, 0.25) is 0 Å². The van der Waals surface area contributed by atoms with E-state index < -0.39 is 10.4 Å². The Morgan fingerprint density at radius 2 is 0.800 bits per heavy atom. The van der Waals surface area contributed by atoms with E-state index in [1.807, 2.05) is 0 Å². The van der Waals surface area contributed by atoms with E-state index in [1.165, 1.54) is 0 Å². The summed E-state index contributed by atoms with van der Waals surface area (Å²) < 4.78 is 32.0. The highest BCUT2D eigenvalue weighted by Crippen LogP contribution is 2.07. The van der Waals surface area contributed by atoms with Crippen molar-refractivity contribution in [3.8, 4) is 0 Å². The molecule has 0 aromatic heterocycles. The van der Waals surface area contributed by atoms with Gasteiger partial charge in [0.25, 0.3) is 0 Å². The van der Waals surface area contributed by atoms with Crippen LogP contribution in [0.4, 0.5) is 0 Å². The van der Waals surface area contributed by atoms with Crippen LogP contribution < -0.4 is 0 Å². The van der Waals surface area contributed by atoms with E-state index >= 15 is 0 Å². The largest absolute Gasteiger partial charge is 0.394 e. The quantitative estimate of drug-likeness (QED) is 0.406. The summed E-state index contributed by atoms with van der Waals surface area (Å²) in [6, 6.07) is 0. The first-order valence-corrected chi connectivity index (χ1v) is 6.44. The number of hydrogen-bond donors (Lipinski definition) is 4. The molecule has 0 aromatic carbocycles. The second-order valence-corrected chi connectivity index (χ2v) is 8.37. The van der Waals surface area contributed by atoms with Gasteiger partial charge in [-0.05, 0) is 0 Å². The molecule has 0 aromatic rings. The fourth-order valence-electron chi connectivity index (χ4n) is 0. The molecule has 0 spiro atoms. The molecule has 0 amide bonds. The highest BCUT2D eigenvalue weighted by atomic mass is 32.3. The lowest BCUT2D eigenvalue weighted by Gasteiger charge is -2.04. The smallest absolute Gasteiger partial charge is 0.264 e. The zero-order valence-electron chi connectivity index (χ0n) is 10.0. The molecule has 0 unspecified atom stereocenters. The van der Waals surface area contributed by atoms with Gasteiger partial charge in [-0.25, -0.2) is 0 Å². The molecule has 15 heavy (non-hydrogen) atoms. The Balaban J connectivity index is -0.000000144. The van der Waals surface area contributed by atoms with Crippen molar-refractivity contribution in [1.29, 1.82) is 0 Å². The SMILES string of the molecule is CC(C)(C)S.CC(C)(C)S.O=S(=O)(O)O. The molecular weight excluding hydrogens is 256 g/mol. The third kappa shape index (κ3) is 7090. The van der Waals surface area contributed by atoms with Crippen molar-refractivity contribution in [2.24, 2.45) is 0 Å². The highest BCUT2D eigenvalue weighted by Gasteiger charge is 1.97. The predicted octanol–water partition coefficient (Wildman–Crippen LogP) is 2.78. The first kappa shape index (κ1) is 20.9. The van der Waals surface area contributed by atoms with Crippen molar-refractivity contribution >= 4 is 35.7 Å². The van der Waals surface area contributed by atoms with Gasteiger partial charge in [-0.3, -0.25) is 9.11 Å². The first-order chi connectivity index (χ1) is 6.00. The van der Waals surface area contributed by atoms with Gasteiger partial charge in [0.05, 0.1) is 0 Å². The summed E-state index contributed by atoms with van der Waals surface area (Å²) in [6.07, 6.45) is 0. The minimum atomic E-state index is -4.67. The summed E-state index contributed by atoms with van der Waals surface area (Å²) >= 11 is 8.25. The lowest BCUT2D eigenvalue weighted by molar-refractivity contribution is 0.381. The van der Waals surface area contributed by atoms with Crippen LogP contribution in [0.3, 0.4) is 0 Å². The van der Waals surface area contributed by atoms with Crippen LogP contribution in [0.25, 0.3) is 0 Å². The molecule has 0 saturated carbocycles. The van der Waals surface area contributed by atoms with Crippen molar-refractivity contribution in [2.45, 2.75) is 51.0 Å². The van der Waals surface area contributed by atoms with Crippen molar-refractivity contribution in [2.75, 3.05) is 0 Å². The zero-order chi connectivity index (χ0) is 13.5. The molecule has 0 heterocycles. The van der Waals surface area contributed by atoms with E-state index in [9.17, 15) is 0 Å². The molecule has 4 nitrogen and oxygen atoms in total. The van der Waals surface area contributed by atoms with Gasteiger partial charge in [-0.15, -0.1) is 0 Å². The molecule has 0 aliphatic carbocycles. The van der Waals surface area contributed by atoms with E-state index in [0.29, 0.717) is 0 Å². The molecule has 0 fully saturated rings. The Kier molecular flexibility index (Phi) is 10.9. The Morgan fingerprint density at radius 3 is 0.800 bits per heavy atom. The van der Waals surface area contributed by atoms with E-state index in [4.69, 9.17) is 17.5 Å². The van der Waals surface area contributed by atoms with Gasteiger partial charge in [0.1, 0.15) is 0 Å². The Hall–Kier alpha value is 0.570. The van der Waals surface area contributed by atoms with E-state index in [1.54, 1.807) is 0 Å². The Morgan fingerprint density at radius 1 is 0.800 bits per heavy atom. The van der Waals surface area contributed by atoms with E-state index in [0.717, 1.165) is 0 Å². The lowest BCUT2D eigenvalue weighted by Crippen LogP contribution is -1.99. The van der Waals surface area contributed by atoms with Gasteiger partial charge >= 0.3 is 10.4 Å². The lowest BCUT2D eigenvalue weighted by atomic mass is 10.3. The highest BCUT2D eigenvalue weighted by molar-refractivity contribution is 7.81. The normalized spacial score (nSPS) is 11.9. The first-order valence-electron chi connectivity index (χ1n) is 4.15. The predicted molar refractivity (Wildman–Crippen MR) is 71.7 cm³/mol. The number of hydrogen-bond acceptors (Lipinski definition) is 4. The average Bonchev–Trinajstić information content (AvgIpc) is 1.41. The molecule has 0 saturated heterocycles. The summed E-state index contributed by atoms with van der Waals surface area (Å²) in [7, 11) is -4.67. The molecular formula is C8H22O4S3. The zero-order valence-corrected chi connectivity index (χ0v) is 12.6. The fourth-order valence-corrected chi connectivity index (χ4v) is 0. The van der Waals surface area contributed by atoms with Crippen molar-refractivity contribution in [3.63, 3.8) is 0 Å². The van der Waals surface area contributed by atoms with Crippen LogP contribution >= 0.6 is 25.3 Å². The van der Waals surface area contributed by atoms with Crippen LogP contribution in [0.5, 0.6) is 0 Å². The second-order valence-electron chi connectivity index (χ2n) is 4.79. The Labute approximate surface area is 104 Å². The van der Waals surface area contributed by atoms with Crippen LogP contribution in [0.15, 0.2) is 0 Å². The fraction of sp³-hybridized carbons (Fsp3) is 1.00. The van der Waals surface area contributed by atoms with Gasteiger partial charge in [-0.2, -0.15) is 33.7 Å². The third-order valence-corrected chi connectivity index (χ3v) is 0. The summed E-state index contributed by atoms with van der Waals surface area (Å²) in [5, 5.41) is 0. The standard InChI is InChI=1S/2C4H10S.H2O4S/c2*1-4(2,3)5;1-5(2,3)4/h2*5H,1-3H3;(H2,1,2,3,4).